The molecule has 2 saturated heterocycles. The van der Waals surface area contributed by atoms with Crippen LogP contribution in [0.3, 0.4) is 0 Å². The van der Waals surface area contributed by atoms with Crippen LogP contribution in [0.5, 0.6) is 34.5 Å². The molecule has 0 spiro atoms. The average Bonchev–Trinajstić information content (AvgIpc) is 1.43. The molecule has 24 nitrogen and oxygen atoms in total. The fraction of sp³-hybridized carbons (Fsp3) is 0.393. The van der Waals surface area contributed by atoms with Crippen LogP contribution in [0.25, 0.3) is 66.9 Å². The maximum absolute atomic E-state index is 5.61. The van der Waals surface area contributed by atoms with E-state index in [2.05, 4.69) is 168 Å². The minimum Gasteiger partial charge on any atom is -0.497 e. The van der Waals surface area contributed by atoms with Crippen molar-refractivity contribution in [3.05, 3.63) is 165 Å². The van der Waals surface area contributed by atoms with Gasteiger partial charge < -0.3 is 58.2 Å². The number of ether oxygens (including phenoxy) is 6. The molecule has 0 saturated carbocycles. The number of methoxy groups -OCH3 is 6. The van der Waals surface area contributed by atoms with Gasteiger partial charge in [0.25, 0.3) is 0 Å². The van der Waals surface area contributed by atoms with Crippen molar-refractivity contribution >= 4 is 80.7 Å². The van der Waals surface area contributed by atoms with Crippen LogP contribution in [0.15, 0.2) is 165 Å². The molecule has 0 amide bonds. The van der Waals surface area contributed by atoms with Crippen molar-refractivity contribution in [2.24, 2.45) is 20.0 Å². The third kappa shape index (κ3) is 20.2. The molecule has 12 aromatic rings. The Hall–Kier alpha value is -10.6. The van der Waals surface area contributed by atoms with Crippen molar-refractivity contribution in [2.75, 3.05) is 110 Å². The molecule has 14 rings (SSSR count). The van der Waals surface area contributed by atoms with Gasteiger partial charge in [0.1, 0.15) is 34.5 Å². The number of anilines is 6. The Kier molecular flexibility index (Phi) is 27.3. The Morgan fingerprint density at radius 1 is 0.459 bits per heavy atom. The summed E-state index contributed by atoms with van der Waals surface area (Å²) in [4.78, 5) is 40.8. The second-order valence-corrected chi connectivity index (χ2v) is 28.2. The first-order valence-corrected chi connectivity index (χ1v) is 37.5. The summed E-state index contributed by atoms with van der Waals surface area (Å²) in [5.74, 6) is 5.27. The Labute approximate surface area is 647 Å². The van der Waals surface area contributed by atoms with Crippen LogP contribution in [0, 0.1) is 5.92 Å². The summed E-state index contributed by atoms with van der Waals surface area (Å²) < 4.78 is 38.8. The van der Waals surface area contributed by atoms with Crippen molar-refractivity contribution in [3.8, 4) is 68.3 Å². The quantitative estimate of drug-likeness (QED) is 0.0482. The van der Waals surface area contributed by atoms with Gasteiger partial charge in [-0.1, -0.05) is 13.8 Å². The Morgan fingerprint density at radius 2 is 0.862 bits per heavy atom. The van der Waals surface area contributed by atoms with Crippen LogP contribution >= 0.6 is 13.5 Å². The van der Waals surface area contributed by atoms with E-state index in [1.807, 2.05) is 105 Å². The zero-order valence-corrected chi connectivity index (χ0v) is 66.6. The maximum Gasteiger partial charge on any atom is 0.124 e. The van der Waals surface area contributed by atoms with Gasteiger partial charge in [-0.05, 0) is 146 Å². The lowest BCUT2D eigenvalue weighted by atomic mass is 9.92. The molecule has 2 aliphatic heterocycles. The predicted octanol–water partition coefficient (Wildman–Crippen LogP) is 15.5. The Bertz CT molecular complexity index is 4880. The van der Waals surface area contributed by atoms with Crippen LogP contribution in [0.1, 0.15) is 80.1 Å². The Morgan fingerprint density at radius 3 is 1.22 bits per heavy atom. The number of rotatable bonds is 28. The van der Waals surface area contributed by atoms with E-state index in [0.29, 0.717) is 24.0 Å². The topological polar surface area (TPSA) is 214 Å². The number of nitrogens with one attached hydrogen (secondary N) is 1. The van der Waals surface area contributed by atoms with Gasteiger partial charge in [0.2, 0.25) is 0 Å². The summed E-state index contributed by atoms with van der Waals surface area (Å²) in [5, 5.41) is 16.4. The predicted molar refractivity (Wildman–Crippen MR) is 442 cm³/mol. The van der Waals surface area contributed by atoms with Gasteiger partial charge in [0.15, 0.2) is 0 Å². The number of fused-ring (bicyclic) bond motifs is 3. The van der Waals surface area contributed by atoms with Gasteiger partial charge in [-0.3, -0.25) is 29.0 Å². The van der Waals surface area contributed by atoms with Gasteiger partial charge in [0.05, 0.1) is 130 Å². The molecule has 0 aliphatic carbocycles. The minimum absolute atomic E-state index is 0. The van der Waals surface area contributed by atoms with Crippen molar-refractivity contribution in [1.82, 2.24) is 74.4 Å². The molecule has 8 heterocycles. The molecule has 2 fully saturated rings. The highest BCUT2D eigenvalue weighted by Gasteiger charge is 2.25. The zero-order valence-electron chi connectivity index (χ0n) is 65.6. The molecular weight excluding hydrogens is 1390 g/mol. The molecule has 1 N–H and O–H groups in total. The molecule has 0 bridgehead atoms. The fourth-order valence-corrected chi connectivity index (χ4v) is 14.1. The lowest BCUT2D eigenvalue weighted by Crippen LogP contribution is -2.39. The maximum atomic E-state index is 5.61. The van der Waals surface area contributed by atoms with Crippen LogP contribution in [0.4, 0.5) is 34.1 Å². The molecule has 0 unspecified atom stereocenters. The molecule has 25 heteroatoms. The molecule has 109 heavy (non-hydrogen) atoms. The summed E-state index contributed by atoms with van der Waals surface area (Å²) >= 11 is 0. The van der Waals surface area contributed by atoms with Gasteiger partial charge in [-0.2, -0.15) is 28.8 Å². The number of hydrogen-bond donors (Lipinski definition) is 1. The van der Waals surface area contributed by atoms with E-state index in [0.717, 1.165) is 188 Å². The first-order valence-electron chi connectivity index (χ1n) is 37.5. The molecule has 0 radical (unpaired) electrons. The minimum atomic E-state index is 0. The lowest BCUT2D eigenvalue weighted by Gasteiger charge is -2.35. The highest BCUT2D eigenvalue weighted by molar-refractivity contribution is 7.59. The molecular formula is C84H106N18O6S. The summed E-state index contributed by atoms with van der Waals surface area (Å²) in [7, 11) is 13.9. The van der Waals surface area contributed by atoms with E-state index in [4.69, 9.17) is 43.4 Å². The first-order chi connectivity index (χ1) is 52.5. The van der Waals surface area contributed by atoms with Crippen molar-refractivity contribution in [3.63, 3.8) is 0 Å². The second kappa shape index (κ2) is 37.5. The second-order valence-electron chi connectivity index (χ2n) is 28.2. The van der Waals surface area contributed by atoms with Crippen molar-refractivity contribution < 1.29 is 28.4 Å². The smallest absolute Gasteiger partial charge is 0.124 e. The van der Waals surface area contributed by atoms with Crippen molar-refractivity contribution in [2.45, 2.75) is 105 Å². The van der Waals surface area contributed by atoms with E-state index in [9.17, 15) is 0 Å². The number of aromatic nitrogens is 12. The van der Waals surface area contributed by atoms with Gasteiger partial charge >= 0.3 is 0 Å². The standard InChI is InChI=1S/C30H38N6O2.C28H34N6O2.C26H32N6O2.H2S/c1-21(2)35-11-8-22(9-12-35)10-13-36(25-14-26(37-4)17-27(15-25)38-5)24-6-7-28-29(16-24)33-30(19-31-28)23-18-32-34(3)20-23;1-20-7-5-10-33(20)11-6-12-34(23-13-24(35-3)16-25(14-23)36-4)22-8-9-26-27(15-22)31-28(18-29-26)21-17-30-32(2)19-21;1-6-31-17-19(15-29-31)26-16-28-24-8-7-20(13-25(24)30-26)32(10-9-27-18(2)3)21-11-22(33-4)14-23(12-21)34-5;/h6-7,14-22H,8-13H2,1-5H3;8-9,13-20H,5-7,10-12H2,1-4H3;7-8,11-18,27H,6,9-10H2,1-5H3;1H2/t;20-;;/m.0../s1. The molecule has 6 aromatic carbocycles. The van der Waals surface area contributed by atoms with Gasteiger partial charge in [-0.25, -0.2) is 15.0 Å². The first kappa shape index (κ1) is 79.4. The van der Waals surface area contributed by atoms with E-state index >= 15 is 0 Å². The van der Waals surface area contributed by atoms with Crippen LogP contribution in [-0.4, -0.2) is 182 Å². The summed E-state index contributed by atoms with van der Waals surface area (Å²) in [6.07, 6.45) is 24.0. The fourth-order valence-electron chi connectivity index (χ4n) is 14.1. The van der Waals surface area contributed by atoms with E-state index < -0.39 is 0 Å². The number of hydrogen-bond acceptors (Lipinski definition) is 21. The third-order valence-corrected chi connectivity index (χ3v) is 20.3. The molecule has 2 aliphatic rings. The van der Waals surface area contributed by atoms with Crippen LogP contribution in [-0.2, 0) is 20.6 Å². The average molecular weight is 1500 g/mol. The Balaban J connectivity index is 0.000000162. The van der Waals surface area contributed by atoms with E-state index in [1.165, 1.54) is 45.3 Å². The van der Waals surface area contributed by atoms with Gasteiger partial charge in [0, 0.05) is 195 Å². The number of piperidine rings is 1. The zero-order chi connectivity index (χ0) is 75.8. The number of aryl methyl sites for hydroxylation is 3. The summed E-state index contributed by atoms with van der Waals surface area (Å²) in [6, 6.07) is 38.4. The van der Waals surface area contributed by atoms with Crippen LogP contribution < -0.4 is 48.4 Å². The SMILES string of the molecule is CCn1cc(-c2cnc3ccc(N(CCNC(C)C)c4cc(OC)cc(OC)c4)cc3n2)cn1.COc1cc(OC)cc(N(CCC2CCN(C(C)C)CC2)c2ccc3ncc(-c4cnn(C)c4)nc3c2)c1.COc1cc(OC)cc(N(CCCN2CCC[C@@H]2C)c2ccc3ncc(-c4cnn(C)c4)nc3c2)c1.S. The van der Waals surface area contributed by atoms with Gasteiger partial charge in [-0.15, -0.1) is 0 Å². The van der Waals surface area contributed by atoms with E-state index in [1.54, 1.807) is 64.4 Å². The number of likely N-dealkylation sites (tertiary alicyclic amines) is 2. The molecule has 574 valence electrons. The number of nitrogens with zero attached hydrogens (tertiary/aromatic N) is 17. The lowest BCUT2D eigenvalue weighted by molar-refractivity contribution is 0.146. The normalized spacial score (nSPS) is 13.9. The third-order valence-electron chi connectivity index (χ3n) is 20.3. The number of benzene rings is 6. The van der Waals surface area contributed by atoms with E-state index in [-0.39, 0.29) is 13.5 Å². The van der Waals surface area contributed by atoms with Crippen LogP contribution in [0.2, 0.25) is 0 Å². The highest BCUT2D eigenvalue weighted by atomic mass is 32.1. The summed E-state index contributed by atoms with van der Waals surface area (Å²) in [5.41, 5.74) is 16.6. The summed E-state index contributed by atoms with van der Waals surface area (Å²) in [6.45, 7) is 22.0. The highest BCUT2D eigenvalue weighted by Crippen LogP contribution is 2.39. The molecule has 6 aromatic heterocycles. The monoisotopic (exact) mass is 1490 g/mol. The molecule has 1 atom stereocenters. The largest absolute Gasteiger partial charge is 0.497 e. The van der Waals surface area contributed by atoms with Crippen molar-refractivity contribution in [1.29, 1.82) is 0 Å².